The summed E-state index contributed by atoms with van der Waals surface area (Å²) in [6.07, 6.45) is 2.28. The summed E-state index contributed by atoms with van der Waals surface area (Å²) in [6, 6.07) is 0.485. The standard InChI is InChI=1S/C18H31N5S/c1-13(2)11-23-8-6-15(7-9-23)22-18(19-5)20-10-16-12-24-17(21-16)14(3)4/h12,14-15H,1,6-11H2,2-5H3,(H2,19,20,22). The van der Waals surface area contributed by atoms with Gasteiger partial charge in [-0.2, -0.15) is 0 Å². The largest absolute Gasteiger partial charge is 0.354 e. The summed E-state index contributed by atoms with van der Waals surface area (Å²) >= 11 is 1.73. The second-order valence-corrected chi connectivity index (χ2v) is 7.80. The fraction of sp³-hybridized carbons (Fsp3) is 0.667. The lowest BCUT2D eigenvalue weighted by Crippen LogP contribution is -2.48. The number of thiazole rings is 1. The van der Waals surface area contributed by atoms with Crippen LogP contribution in [0.1, 0.15) is 50.2 Å². The summed E-state index contributed by atoms with van der Waals surface area (Å²) in [7, 11) is 1.83. The highest BCUT2D eigenvalue weighted by molar-refractivity contribution is 7.09. The summed E-state index contributed by atoms with van der Waals surface area (Å²) in [5.74, 6) is 1.36. The van der Waals surface area contributed by atoms with Crippen molar-refractivity contribution in [3.63, 3.8) is 0 Å². The molecule has 134 valence electrons. The Hall–Kier alpha value is -1.40. The van der Waals surface area contributed by atoms with Crippen molar-refractivity contribution in [1.82, 2.24) is 20.5 Å². The van der Waals surface area contributed by atoms with Gasteiger partial charge in [0.05, 0.1) is 17.2 Å². The minimum atomic E-state index is 0.485. The molecule has 1 aliphatic heterocycles. The monoisotopic (exact) mass is 349 g/mol. The summed E-state index contributed by atoms with van der Waals surface area (Å²) in [5.41, 5.74) is 2.32. The number of piperidine rings is 1. The molecule has 2 heterocycles. The van der Waals surface area contributed by atoms with E-state index in [1.807, 2.05) is 7.05 Å². The van der Waals surface area contributed by atoms with Gasteiger partial charge >= 0.3 is 0 Å². The lowest BCUT2D eigenvalue weighted by atomic mass is 10.0. The fourth-order valence-corrected chi connectivity index (χ4v) is 3.68. The van der Waals surface area contributed by atoms with Crippen LogP contribution in [0.25, 0.3) is 0 Å². The van der Waals surface area contributed by atoms with E-state index < -0.39 is 0 Å². The van der Waals surface area contributed by atoms with Crippen molar-refractivity contribution in [2.75, 3.05) is 26.7 Å². The zero-order valence-corrected chi connectivity index (χ0v) is 16.2. The Morgan fingerprint density at radius 2 is 2.17 bits per heavy atom. The molecule has 24 heavy (non-hydrogen) atoms. The highest BCUT2D eigenvalue weighted by atomic mass is 32.1. The first-order chi connectivity index (χ1) is 11.5. The minimum Gasteiger partial charge on any atom is -0.354 e. The van der Waals surface area contributed by atoms with Gasteiger partial charge in [0.2, 0.25) is 0 Å². The molecule has 0 aromatic carbocycles. The molecular formula is C18H31N5S. The van der Waals surface area contributed by atoms with Gasteiger partial charge in [0.25, 0.3) is 0 Å². The summed E-state index contributed by atoms with van der Waals surface area (Å²) in [4.78, 5) is 11.5. The van der Waals surface area contributed by atoms with Crippen LogP contribution in [0.15, 0.2) is 22.5 Å². The van der Waals surface area contributed by atoms with Crippen molar-refractivity contribution in [3.8, 4) is 0 Å². The molecule has 0 radical (unpaired) electrons. The van der Waals surface area contributed by atoms with Gasteiger partial charge < -0.3 is 10.6 Å². The maximum absolute atomic E-state index is 4.66. The molecule has 0 bridgehead atoms. The first kappa shape index (κ1) is 18.9. The SMILES string of the molecule is C=C(C)CN1CCC(NC(=NC)NCc2csc(C(C)C)n2)CC1. The third-order valence-corrected chi connectivity index (χ3v) is 5.34. The number of likely N-dealkylation sites (tertiary alicyclic amines) is 1. The van der Waals surface area contributed by atoms with Crippen LogP contribution in [0.5, 0.6) is 0 Å². The molecule has 1 aliphatic rings. The Balaban J connectivity index is 1.75. The zero-order chi connectivity index (χ0) is 17.5. The number of hydrogen-bond acceptors (Lipinski definition) is 4. The van der Waals surface area contributed by atoms with Crippen LogP contribution < -0.4 is 10.6 Å². The van der Waals surface area contributed by atoms with Crippen molar-refractivity contribution in [3.05, 3.63) is 28.2 Å². The third kappa shape index (κ3) is 5.91. The van der Waals surface area contributed by atoms with Gasteiger partial charge in [-0.1, -0.05) is 26.0 Å². The molecule has 0 atom stereocenters. The number of rotatable bonds is 6. The van der Waals surface area contributed by atoms with Crippen molar-refractivity contribution in [2.45, 2.75) is 52.1 Å². The second-order valence-electron chi connectivity index (χ2n) is 6.91. The highest BCUT2D eigenvalue weighted by Gasteiger charge is 2.19. The van der Waals surface area contributed by atoms with Gasteiger partial charge in [0.15, 0.2) is 5.96 Å². The molecule has 1 aromatic rings. The molecule has 0 spiro atoms. The summed E-state index contributed by atoms with van der Waals surface area (Å²) in [6.45, 7) is 14.4. The maximum Gasteiger partial charge on any atom is 0.191 e. The Labute approximate surface area is 150 Å². The van der Waals surface area contributed by atoms with Gasteiger partial charge in [-0.15, -0.1) is 11.3 Å². The molecule has 0 unspecified atom stereocenters. The predicted octanol–water partition coefficient (Wildman–Crippen LogP) is 2.97. The Bertz CT molecular complexity index is 556. The molecule has 1 saturated heterocycles. The average Bonchev–Trinajstić information content (AvgIpc) is 3.02. The van der Waals surface area contributed by atoms with Crippen LogP contribution in [0, 0.1) is 0 Å². The third-order valence-electron chi connectivity index (χ3n) is 4.15. The predicted molar refractivity (Wildman–Crippen MR) is 104 cm³/mol. The van der Waals surface area contributed by atoms with E-state index >= 15 is 0 Å². The number of hydrogen-bond donors (Lipinski definition) is 2. The van der Waals surface area contributed by atoms with E-state index in [0.717, 1.165) is 50.7 Å². The molecule has 2 rings (SSSR count). The normalized spacial score (nSPS) is 17.3. The van der Waals surface area contributed by atoms with Gasteiger partial charge in [0, 0.05) is 44.0 Å². The summed E-state index contributed by atoms with van der Waals surface area (Å²) in [5, 5.41) is 10.3. The van der Waals surface area contributed by atoms with Crippen LogP contribution in [-0.2, 0) is 6.54 Å². The van der Waals surface area contributed by atoms with E-state index in [9.17, 15) is 0 Å². The minimum absolute atomic E-state index is 0.485. The summed E-state index contributed by atoms with van der Waals surface area (Å²) < 4.78 is 0. The number of aliphatic imine (C=N–C) groups is 1. The Kier molecular flexibility index (Phi) is 7.24. The molecule has 0 amide bonds. The number of nitrogens with zero attached hydrogens (tertiary/aromatic N) is 3. The van der Waals surface area contributed by atoms with Crippen LogP contribution in [0.4, 0.5) is 0 Å². The van der Waals surface area contributed by atoms with Crippen molar-refractivity contribution >= 4 is 17.3 Å². The van der Waals surface area contributed by atoms with E-state index in [1.54, 1.807) is 11.3 Å². The Morgan fingerprint density at radius 3 is 2.71 bits per heavy atom. The Morgan fingerprint density at radius 1 is 1.46 bits per heavy atom. The fourth-order valence-electron chi connectivity index (χ4n) is 2.85. The van der Waals surface area contributed by atoms with E-state index in [1.165, 1.54) is 10.6 Å². The molecule has 2 N–H and O–H groups in total. The molecule has 1 aromatic heterocycles. The van der Waals surface area contributed by atoms with Crippen LogP contribution >= 0.6 is 11.3 Å². The number of aromatic nitrogens is 1. The van der Waals surface area contributed by atoms with Crippen LogP contribution in [0.3, 0.4) is 0 Å². The van der Waals surface area contributed by atoms with Crippen molar-refractivity contribution < 1.29 is 0 Å². The van der Waals surface area contributed by atoms with Gasteiger partial charge in [-0.25, -0.2) is 4.98 Å². The second kappa shape index (κ2) is 9.18. The maximum atomic E-state index is 4.66. The van der Waals surface area contributed by atoms with E-state index in [2.05, 4.69) is 58.2 Å². The van der Waals surface area contributed by atoms with Gasteiger partial charge in [-0.3, -0.25) is 9.89 Å². The molecule has 5 nitrogen and oxygen atoms in total. The van der Waals surface area contributed by atoms with Crippen LogP contribution in [-0.4, -0.2) is 48.6 Å². The molecule has 0 aliphatic carbocycles. The molecular weight excluding hydrogens is 318 g/mol. The smallest absolute Gasteiger partial charge is 0.191 e. The first-order valence-electron chi connectivity index (χ1n) is 8.76. The van der Waals surface area contributed by atoms with Crippen LogP contribution in [0.2, 0.25) is 0 Å². The number of nitrogens with one attached hydrogen (secondary N) is 2. The van der Waals surface area contributed by atoms with E-state index in [4.69, 9.17) is 0 Å². The van der Waals surface area contributed by atoms with E-state index in [0.29, 0.717) is 12.0 Å². The van der Waals surface area contributed by atoms with Crippen molar-refractivity contribution in [1.29, 1.82) is 0 Å². The highest BCUT2D eigenvalue weighted by Crippen LogP contribution is 2.19. The van der Waals surface area contributed by atoms with Crippen molar-refractivity contribution in [2.24, 2.45) is 4.99 Å². The molecule has 1 fully saturated rings. The topological polar surface area (TPSA) is 52.5 Å². The lowest BCUT2D eigenvalue weighted by Gasteiger charge is -2.33. The van der Waals surface area contributed by atoms with E-state index in [-0.39, 0.29) is 0 Å². The zero-order valence-electron chi connectivity index (χ0n) is 15.4. The lowest BCUT2D eigenvalue weighted by molar-refractivity contribution is 0.221. The molecule has 0 saturated carbocycles. The molecule has 6 heteroatoms. The van der Waals surface area contributed by atoms with Gasteiger partial charge in [0.1, 0.15) is 0 Å². The van der Waals surface area contributed by atoms with Gasteiger partial charge in [-0.05, 0) is 19.8 Å². The number of guanidine groups is 1. The average molecular weight is 350 g/mol. The quantitative estimate of drug-likeness (QED) is 0.471. The first-order valence-corrected chi connectivity index (χ1v) is 9.64.